The standard InChI is InChI=1S/C105H156O18/c1-13-22-31-40-49-58-112-94-67-79(68-95(113-59-50-41-32-23-14-2)100(94)118-64-55-46-37-28-19-7)103(106)121-91-76-85-82(73-88(91)109-10)83-74-89(110-11)92(122-104(107)80-69-96(114-60-51-42-33-24-15-3)101(119-65-56-47-38-29-20-8)97(70-80)115-61-52-43-34-25-16-4)77-86(83)87-78-93(90(111-12)75-84(85)87)123-105(108)81-71-98(116-62-53-44-35-26-17-5)102(120-66-57-48-39-30-21-9)99(72-81)117-63-54-45-36-27-18-6/h67-78H,13-66H2,1-12H3. The molecule has 123 heavy (non-hydrogen) atoms. The summed E-state index contributed by atoms with van der Waals surface area (Å²) < 4.78 is 98.4. The third kappa shape index (κ3) is 34.7. The molecular weight excluding hydrogens is 1550 g/mol. The molecule has 0 bridgehead atoms. The van der Waals surface area contributed by atoms with Gasteiger partial charge in [0.1, 0.15) is 0 Å². The summed E-state index contributed by atoms with van der Waals surface area (Å²) in [6.45, 7) is 23.7. The van der Waals surface area contributed by atoms with Crippen molar-refractivity contribution in [3.8, 4) is 86.2 Å². The molecule has 0 aromatic heterocycles. The fraction of sp³-hybridized carbons (Fsp3) is 0.629. The van der Waals surface area contributed by atoms with Crippen molar-refractivity contribution < 1.29 is 85.4 Å². The Bertz CT molecular complexity index is 4050. The van der Waals surface area contributed by atoms with E-state index in [1.165, 1.54) is 21.3 Å². The number of esters is 3. The van der Waals surface area contributed by atoms with Gasteiger partial charge in [-0.2, -0.15) is 0 Å². The molecule has 0 aliphatic rings. The minimum atomic E-state index is -0.703. The van der Waals surface area contributed by atoms with E-state index >= 15 is 14.4 Å². The molecular formula is C105H156O18. The van der Waals surface area contributed by atoms with Gasteiger partial charge in [0, 0.05) is 0 Å². The van der Waals surface area contributed by atoms with Gasteiger partial charge < -0.3 is 71.1 Å². The third-order valence-electron chi connectivity index (χ3n) is 22.7. The second-order valence-electron chi connectivity index (χ2n) is 33.1. The Balaban J connectivity index is 1.44. The van der Waals surface area contributed by atoms with Crippen LogP contribution in [0.5, 0.6) is 86.2 Å². The number of hydrogen-bond donors (Lipinski definition) is 0. The molecule has 0 heterocycles. The van der Waals surface area contributed by atoms with Gasteiger partial charge in [-0.05, 0) is 163 Å². The number of fused-ring (bicyclic) bond motifs is 6. The first kappa shape index (κ1) is 101. The molecule has 684 valence electrons. The Morgan fingerprint density at radius 1 is 0.179 bits per heavy atom. The van der Waals surface area contributed by atoms with E-state index in [4.69, 9.17) is 71.1 Å². The van der Waals surface area contributed by atoms with Crippen LogP contribution in [0.3, 0.4) is 0 Å². The van der Waals surface area contributed by atoms with E-state index in [1.807, 2.05) is 12.1 Å². The van der Waals surface area contributed by atoms with Gasteiger partial charge in [0.25, 0.3) is 0 Å². The highest BCUT2D eigenvalue weighted by Gasteiger charge is 2.29. The van der Waals surface area contributed by atoms with Crippen LogP contribution in [-0.2, 0) is 0 Å². The third-order valence-corrected chi connectivity index (χ3v) is 22.7. The first-order valence-electron chi connectivity index (χ1n) is 48.4. The van der Waals surface area contributed by atoms with Crippen molar-refractivity contribution >= 4 is 50.2 Å². The Labute approximate surface area is 739 Å². The van der Waals surface area contributed by atoms with Gasteiger partial charge in [-0.1, -0.05) is 293 Å². The van der Waals surface area contributed by atoms with E-state index in [1.54, 1.807) is 60.7 Å². The second kappa shape index (κ2) is 60.8. The smallest absolute Gasteiger partial charge is 0.343 e. The zero-order valence-corrected chi connectivity index (χ0v) is 78.0. The van der Waals surface area contributed by atoms with Crippen LogP contribution in [0.15, 0.2) is 72.8 Å². The predicted molar refractivity (Wildman–Crippen MR) is 501 cm³/mol. The summed E-state index contributed by atoms with van der Waals surface area (Å²) in [5.41, 5.74) is 0.563. The van der Waals surface area contributed by atoms with E-state index in [0.717, 1.165) is 289 Å². The van der Waals surface area contributed by atoms with Gasteiger partial charge in [-0.3, -0.25) is 0 Å². The molecule has 0 fully saturated rings. The van der Waals surface area contributed by atoms with Gasteiger partial charge in [0.15, 0.2) is 69.0 Å². The average Bonchev–Trinajstić information content (AvgIpc) is 0.723. The lowest BCUT2D eigenvalue weighted by Crippen LogP contribution is -2.13. The Hall–Kier alpha value is -8.67. The van der Waals surface area contributed by atoms with Gasteiger partial charge >= 0.3 is 17.9 Å². The average molecular weight is 1710 g/mol. The van der Waals surface area contributed by atoms with Crippen LogP contribution in [0.25, 0.3) is 32.3 Å². The van der Waals surface area contributed by atoms with Crippen molar-refractivity contribution in [1.82, 2.24) is 0 Å². The highest BCUT2D eigenvalue weighted by Crippen LogP contribution is 2.50. The summed E-state index contributed by atoms with van der Waals surface area (Å²) in [5.74, 6) is 2.72. The van der Waals surface area contributed by atoms with Gasteiger partial charge in [0.2, 0.25) is 17.2 Å². The van der Waals surface area contributed by atoms with Gasteiger partial charge in [-0.25, -0.2) is 14.4 Å². The van der Waals surface area contributed by atoms with Crippen molar-refractivity contribution in [3.05, 3.63) is 89.5 Å². The number of ether oxygens (including phenoxy) is 15. The number of carbonyl (C=O) groups excluding carboxylic acids is 3. The minimum absolute atomic E-state index is 0.0790. The van der Waals surface area contributed by atoms with E-state index in [2.05, 4.69) is 62.3 Å². The van der Waals surface area contributed by atoms with E-state index < -0.39 is 17.9 Å². The van der Waals surface area contributed by atoms with Crippen molar-refractivity contribution in [3.63, 3.8) is 0 Å². The molecule has 0 amide bonds. The van der Waals surface area contributed by atoms with Crippen molar-refractivity contribution in [1.29, 1.82) is 0 Å². The summed E-state index contributed by atoms with van der Waals surface area (Å²) in [4.78, 5) is 46.1. The molecule has 0 aliphatic carbocycles. The quantitative estimate of drug-likeness (QED) is 0.0151. The summed E-state index contributed by atoms with van der Waals surface area (Å²) >= 11 is 0. The first-order chi connectivity index (χ1) is 60.4. The fourth-order valence-corrected chi connectivity index (χ4v) is 15.3. The zero-order chi connectivity index (χ0) is 87.9. The normalized spacial score (nSPS) is 11.3. The maximum Gasteiger partial charge on any atom is 0.343 e. The van der Waals surface area contributed by atoms with Crippen LogP contribution in [-0.4, -0.2) is 98.7 Å². The van der Waals surface area contributed by atoms with E-state index in [9.17, 15) is 0 Å². The maximum absolute atomic E-state index is 15.4. The van der Waals surface area contributed by atoms with Crippen LogP contribution < -0.4 is 71.1 Å². The molecule has 7 aromatic carbocycles. The van der Waals surface area contributed by atoms with Crippen LogP contribution in [0.4, 0.5) is 0 Å². The van der Waals surface area contributed by atoms with Crippen LogP contribution in [0.1, 0.15) is 382 Å². The van der Waals surface area contributed by atoms with Gasteiger partial charge in [0.05, 0.1) is 97.5 Å². The Morgan fingerprint density at radius 2 is 0.325 bits per heavy atom. The molecule has 18 heteroatoms. The molecule has 0 unspecified atom stereocenters. The minimum Gasteiger partial charge on any atom is -0.493 e. The molecule has 0 N–H and O–H groups in total. The summed E-state index contributed by atoms with van der Waals surface area (Å²) in [5, 5.41) is 3.56. The molecule has 0 radical (unpaired) electrons. The van der Waals surface area contributed by atoms with Crippen molar-refractivity contribution in [2.75, 3.05) is 80.8 Å². The van der Waals surface area contributed by atoms with E-state index in [0.29, 0.717) is 144 Å². The number of unbranched alkanes of at least 4 members (excludes halogenated alkanes) is 36. The Morgan fingerprint density at radius 3 is 0.480 bits per heavy atom. The monoisotopic (exact) mass is 1710 g/mol. The molecule has 0 saturated heterocycles. The lowest BCUT2D eigenvalue weighted by molar-refractivity contribution is 0.0719. The number of methoxy groups -OCH3 is 3. The van der Waals surface area contributed by atoms with Gasteiger partial charge in [-0.15, -0.1) is 0 Å². The van der Waals surface area contributed by atoms with E-state index in [-0.39, 0.29) is 51.2 Å². The molecule has 0 saturated carbocycles. The number of benzene rings is 7. The highest BCUT2D eigenvalue weighted by atomic mass is 16.6. The fourth-order valence-electron chi connectivity index (χ4n) is 15.3. The molecule has 0 spiro atoms. The topological polar surface area (TPSA) is 190 Å². The largest absolute Gasteiger partial charge is 0.493 e. The number of rotatable bonds is 72. The van der Waals surface area contributed by atoms with Crippen LogP contribution >= 0.6 is 0 Å². The lowest BCUT2D eigenvalue weighted by Gasteiger charge is -2.20. The number of hydrogen-bond acceptors (Lipinski definition) is 18. The van der Waals surface area contributed by atoms with Crippen molar-refractivity contribution in [2.24, 2.45) is 0 Å². The summed E-state index contributed by atoms with van der Waals surface area (Å²) in [6, 6.07) is 20.9. The van der Waals surface area contributed by atoms with Crippen molar-refractivity contribution in [2.45, 2.75) is 351 Å². The molecule has 0 atom stereocenters. The molecule has 7 rings (SSSR count). The maximum atomic E-state index is 15.4. The predicted octanol–water partition coefficient (Wildman–Crippen LogP) is 30.0. The number of carbonyl (C=O) groups is 3. The summed E-state index contributed by atoms with van der Waals surface area (Å²) in [7, 11) is 4.58. The second-order valence-corrected chi connectivity index (χ2v) is 33.1. The van der Waals surface area contributed by atoms with Crippen LogP contribution in [0.2, 0.25) is 0 Å². The Kier molecular flexibility index (Phi) is 50.2. The summed E-state index contributed by atoms with van der Waals surface area (Å²) in [6.07, 6.45) is 46.9. The van der Waals surface area contributed by atoms with Crippen LogP contribution in [0, 0.1) is 0 Å². The SMILES string of the molecule is CCCCCCCOc1cc(C(=O)Oc2cc3c(cc2OC)c2cc(OC)c(OC(=O)c4cc(OCCCCCCC)c(OCCCCCCC)c(OCCCCCCC)c4)cc2c2cc(OC(=O)c4cc(OCCCCCCC)c(OCCCCCCC)c(OCCCCCCC)c4)c(OC)cc32)cc(OCCCCCCC)c1OCCCCCCC. The lowest BCUT2D eigenvalue weighted by atomic mass is 9.93. The molecule has 0 aliphatic heterocycles. The molecule has 7 aromatic rings. The first-order valence-corrected chi connectivity index (χ1v) is 48.4. The molecule has 18 nitrogen and oxygen atoms in total. The zero-order valence-electron chi connectivity index (χ0n) is 78.0. The highest BCUT2D eigenvalue weighted by molar-refractivity contribution is 6.27.